The molecule has 1 aliphatic rings. The zero-order valence-corrected chi connectivity index (χ0v) is 12.8. The van der Waals surface area contributed by atoms with Crippen LogP contribution >= 0.6 is 12.2 Å². The maximum Gasteiger partial charge on any atom is 0.106 e. The summed E-state index contributed by atoms with van der Waals surface area (Å²) >= 11 is 5.15. The minimum Gasteiger partial charge on any atom is -0.389 e. The quantitative estimate of drug-likeness (QED) is 0.833. The number of likely N-dealkylation sites (tertiary alicyclic amines) is 1. The van der Waals surface area contributed by atoms with Crippen molar-refractivity contribution >= 4 is 22.9 Å². The molecule has 2 atom stereocenters. The van der Waals surface area contributed by atoms with E-state index in [1.165, 1.54) is 5.56 Å². The van der Waals surface area contributed by atoms with Gasteiger partial charge in [-0.05, 0) is 45.4 Å². The third-order valence-corrected chi connectivity index (χ3v) is 4.31. The molecule has 0 aromatic heterocycles. The molecule has 3 N–H and O–H groups in total. The topological polar surface area (TPSA) is 41.3 Å². The van der Waals surface area contributed by atoms with Crippen molar-refractivity contribution in [3.05, 3.63) is 29.3 Å². The number of aryl methyl sites for hydroxylation is 1. The minimum atomic E-state index is 0.465. The van der Waals surface area contributed by atoms with Crippen molar-refractivity contribution < 1.29 is 0 Å². The number of rotatable bonds is 3. The van der Waals surface area contributed by atoms with Gasteiger partial charge >= 0.3 is 0 Å². The van der Waals surface area contributed by atoms with Crippen LogP contribution in [0.5, 0.6) is 0 Å². The highest BCUT2D eigenvalue weighted by atomic mass is 32.1. The number of nitrogens with zero attached hydrogens (tertiary/aromatic N) is 1. The molecule has 2 unspecified atom stereocenters. The summed E-state index contributed by atoms with van der Waals surface area (Å²) in [7, 11) is 2.19. The summed E-state index contributed by atoms with van der Waals surface area (Å²) in [5, 5.41) is 3.66. The lowest BCUT2D eigenvalue weighted by atomic mass is 9.97. The fraction of sp³-hybridized carbons (Fsp3) is 0.533. The van der Waals surface area contributed by atoms with Crippen LogP contribution in [0, 0.1) is 6.92 Å². The number of nitrogens with one attached hydrogen (secondary N) is 1. The standard InChI is InChI=1S/C15H23N3S/c1-10-5-4-6-13(15(16)19)14(10)17-12-7-8-18(3)11(2)9-12/h4-6,11-12,17H,7-9H2,1-3H3,(H2,16,19). The highest BCUT2D eigenvalue weighted by Crippen LogP contribution is 2.25. The number of hydrogen-bond acceptors (Lipinski definition) is 3. The number of anilines is 1. The van der Waals surface area contributed by atoms with Gasteiger partial charge in [0.05, 0.1) is 0 Å². The molecule has 1 fully saturated rings. The second-order valence-electron chi connectivity index (χ2n) is 5.56. The largest absolute Gasteiger partial charge is 0.389 e. The number of piperidine rings is 1. The molecule has 19 heavy (non-hydrogen) atoms. The molecule has 0 amide bonds. The zero-order valence-electron chi connectivity index (χ0n) is 11.9. The fourth-order valence-corrected chi connectivity index (χ4v) is 2.86. The van der Waals surface area contributed by atoms with E-state index in [1.807, 2.05) is 12.1 Å². The van der Waals surface area contributed by atoms with E-state index >= 15 is 0 Å². The average molecular weight is 277 g/mol. The maximum atomic E-state index is 5.82. The van der Waals surface area contributed by atoms with Crippen LogP contribution in [0.2, 0.25) is 0 Å². The molecule has 1 aromatic carbocycles. The van der Waals surface area contributed by atoms with Gasteiger partial charge in [0.25, 0.3) is 0 Å². The Labute approximate surface area is 121 Å². The molecule has 0 bridgehead atoms. The zero-order chi connectivity index (χ0) is 14.0. The predicted molar refractivity (Wildman–Crippen MR) is 85.8 cm³/mol. The third-order valence-electron chi connectivity index (χ3n) is 4.10. The van der Waals surface area contributed by atoms with Crippen LogP contribution in [-0.4, -0.2) is 35.6 Å². The molecule has 104 valence electrons. The van der Waals surface area contributed by atoms with E-state index in [1.54, 1.807) is 0 Å². The molecule has 0 radical (unpaired) electrons. The first-order valence-corrected chi connectivity index (χ1v) is 7.26. The van der Waals surface area contributed by atoms with Crippen molar-refractivity contribution in [2.24, 2.45) is 5.73 Å². The van der Waals surface area contributed by atoms with Crippen LogP contribution in [0.1, 0.15) is 30.9 Å². The van der Waals surface area contributed by atoms with Crippen molar-refractivity contribution in [3.63, 3.8) is 0 Å². The third kappa shape index (κ3) is 3.25. The van der Waals surface area contributed by atoms with Gasteiger partial charge in [0.1, 0.15) is 4.99 Å². The SMILES string of the molecule is Cc1cccc(C(N)=S)c1NC1CCN(C)C(C)C1. The lowest BCUT2D eigenvalue weighted by Gasteiger charge is -2.36. The number of thiocarbonyl (C=S) groups is 1. The Morgan fingerprint density at radius 3 is 2.84 bits per heavy atom. The van der Waals surface area contributed by atoms with E-state index in [0.29, 0.717) is 17.1 Å². The van der Waals surface area contributed by atoms with Crippen LogP contribution in [0.25, 0.3) is 0 Å². The lowest BCUT2D eigenvalue weighted by Crippen LogP contribution is -2.42. The van der Waals surface area contributed by atoms with Crippen LogP contribution in [-0.2, 0) is 0 Å². The highest BCUT2D eigenvalue weighted by molar-refractivity contribution is 7.80. The molecular weight excluding hydrogens is 254 g/mol. The molecule has 0 aliphatic carbocycles. The molecule has 2 rings (SSSR count). The van der Waals surface area contributed by atoms with E-state index in [4.69, 9.17) is 18.0 Å². The van der Waals surface area contributed by atoms with Crippen LogP contribution < -0.4 is 11.1 Å². The summed E-state index contributed by atoms with van der Waals surface area (Å²) in [6, 6.07) is 7.22. The number of hydrogen-bond donors (Lipinski definition) is 2. The normalized spacial score (nSPS) is 24.2. The van der Waals surface area contributed by atoms with Gasteiger partial charge in [0.2, 0.25) is 0 Å². The molecule has 0 spiro atoms. The van der Waals surface area contributed by atoms with E-state index < -0.39 is 0 Å². The molecule has 3 nitrogen and oxygen atoms in total. The smallest absolute Gasteiger partial charge is 0.106 e. The van der Waals surface area contributed by atoms with E-state index in [9.17, 15) is 0 Å². The first kappa shape index (κ1) is 14.3. The van der Waals surface area contributed by atoms with Crippen molar-refractivity contribution in [2.45, 2.75) is 38.8 Å². The van der Waals surface area contributed by atoms with E-state index in [-0.39, 0.29) is 0 Å². The summed E-state index contributed by atoms with van der Waals surface area (Å²) in [4.78, 5) is 2.87. The summed E-state index contributed by atoms with van der Waals surface area (Å²) in [6.45, 7) is 5.51. The fourth-order valence-electron chi connectivity index (χ4n) is 2.69. The van der Waals surface area contributed by atoms with Crippen molar-refractivity contribution in [1.29, 1.82) is 0 Å². The second kappa shape index (κ2) is 5.88. The predicted octanol–water partition coefficient (Wildman–Crippen LogP) is 2.52. The first-order valence-electron chi connectivity index (χ1n) is 6.85. The minimum absolute atomic E-state index is 0.465. The Kier molecular flexibility index (Phi) is 4.42. The Morgan fingerprint density at radius 1 is 1.47 bits per heavy atom. The lowest BCUT2D eigenvalue weighted by molar-refractivity contribution is 0.190. The van der Waals surface area contributed by atoms with Gasteiger partial charge in [-0.3, -0.25) is 0 Å². The van der Waals surface area contributed by atoms with Crippen LogP contribution in [0.15, 0.2) is 18.2 Å². The van der Waals surface area contributed by atoms with Gasteiger partial charge in [-0.2, -0.15) is 0 Å². The van der Waals surface area contributed by atoms with Crippen LogP contribution in [0.3, 0.4) is 0 Å². The van der Waals surface area contributed by atoms with Gasteiger partial charge in [0, 0.05) is 29.9 Å². The number of nitrogens with two attached hydrogens (primary N) is 1. The molecule has 4 heteroatoms. The van der Waals surface area contributed by atoms with Gasteiger partial charge in [0.15, 0.2) is 0 Å². The van der Waals surface area contributed by atoms with Gasteiger partial charge < -0.3 is 16.0 Å². The summed E-state index contributed by atoms with van der Waals surface area (Å²) in [5.74, 6) is 0. The van der Waals surface area contributed by atoms with Crippen molar-refractivity contribution in [1.82, 2.24) is 4.90 Å². The number of benzene rings is 1. The molecule has 1 aliphatic heterocycles. The summed E-state index contributed by atoms with van der Waals surface area (Å²) < 4.78 is 0. The van der Waals surface area contributed by atoms with Gasteiger partial charge in [-0.25, -0.2) is 0 Å². The maximum absolute atomic E-state index is 5.82. The monoisotopic (exact) mass is 277 g/mol. The molecule has 0 saturated carbocycles. The number of para-hydroxylation sites is 1. The molecule has 1 heterocycles. The summed E-state index contributed by atoms with van der Waals surface area (Å²) in [6.07, 6.45) is 2.31. The first-order chi connectivity index (χ1) is 8.99. The summed E-state index contributed by atoms with van der Waals surface area (Å²) in [5.41, 5.74) is 9.09. The van der Waals surface area contributed by atoms with Crippen molar-refractivity contribution in [3.8, 4) is 0 Å². The molecule has 1 aromatic rings. The van der Waals surface area contributed by atoms with Gasteiger partial charge in [-0.15, -0.1) is 0 Å². The highest BCUT2D eigenvalue weighted by Gasteiger charge is 2.23. The Bertz CT molecular complexity index is 472. The average Bonchev–Trinajstić information content (AvgIpc) is 2.36. The van der Waals surface area contributed by atoms with Crippen molar-refractivity contribution in [2.75, 3.05) is 18.9 Å². The second-order valence-corrected chi connectivity index (χ2v) is 6.00. The molecule has 1 saturated heterocycles. The van der Waals surface area contributed by atoms with Gasteiger partial charge in [-0.1, -0.05) is 24.4 Å². The van der Waals surface area contributed by atoms with E-state index in [0.717, 1.165) is 30.6 Å². The Hall–Kier alpha value is -1.13. The van der Waals surface area contributed by atoms with E-state index in [2.05, 4.69) is 37.2 Å². The Morgan fingerprint density at radius 2 is 2.21 bits per heavy atom. The van der Waals surface area contributed by atoms with Crippen LogP contribution in [0.4, 0.5) is 5.69 Å². The molecular formula is C15H23N3S. The Balaban J connectivity index is 2.17.